The van der Waals surface area contributed by atoms with Crippen molar-refractivity contribution in [2.24, 2.45) is 0 Å². The van der Waals surface area contributed by atoms with Gasteiger partial charge in [0.1, 0.15) is 10.8 Å². The number of thiazole rings is 1. The van der Waals surface area contributed by atoms with Gasteiger partial charge in [0.15, 0.2) is 6.29 Å². The fraction of sp³-hybridized carbons (Fsp3) is 0.304. The van der Waals surface area contributed by atoms with Crippen LogP contribution in [0.25, 0.3) is 21.1 Å². The van der Waals surface area contributed by atoms with Gasteiger partial charge in [0.25, 0.3) is 0 Å². The first-order valence-corrected chi connectivity index (χ1v) is 12.5. The summed E-state index contributed by atoms with van der Waals surface area (Å²) in [6, 6.07) is 13.1. The lowest BCUT2D eigenvalue weighted by atomic mass is 10.1. The molecule has 2 aromatic carbocycles. The van der Waals surface area contributed by atoms with E-state index in [9.17, 15) is 9.36 Å². The van der Waals surface area contributed by atoms with Crippen LogP contribution in [0.1, 0.15) is 24.4 Å². The summed E-state index contributed by atoms with van der Waals surface area (Å²) in [6.45, 7) is 5.77. The van der Waals surface area contributed by atoms with Crippen molar-refractivity contribution in [1.82, 2.24) is 4.98 Å². The average molecular weight is 475 g/mol. The largest absolute Gasteiger partial charge is 0.496 e. The molecule has 0 spiro atoms. The standard InChI is InChI=1S/C23H27N2O5PS/c1-6-25(7-2)16-12-13-17(20(14-16)28-3)22(31(27,29-4)30-5)18(15-26)23-24-19-10-8-9-11-21(19)32-23/h8-15H,6-7H2,1-5H3/b22-18-. The molecule has 0 bridgehead atoms. The lowest BCUT2D eigenvalue weighted by Gasteiger charge is -2.24. The number of para-hydroxylation sites is 1. The minimum Gasteiger partial charge on any atom is -0.496 e. The fourth-order valence-corrected chi connectivity index (χ4v) is 6.05. The van der Waals surface area contributed by atoms with E-state index in [1.54, 1.807) is 6.07 Å². The zero-order valence-electron chi connectivity index (χ0n) is 18.8. The van der Waals surface area contributed by atoms with E-state index in [1.807, 2.05) is 36.4 Å². The van der Waals surface area contributed by atoms with E-state index >= 15 is 0 Å². The summed E-state index contributed by atoms with van der Waals surface area (Å²) in [7, 11) is 0.254. The summed E-state index contributed by atoms with van der Waals surface area (Å²) in [5.74, 6) is 0.458. The van der Waals surface area contributed by atoms with Gasteiger partial charge in [-0.2, -0.15) is 0 Å². The summed E-state index contributed by atoms with van der Waals surface area (Å²) in [5.41, 5.74) is 2.30. The Morgan fingerprint density at radius 3 is 2.34 bits per heavy atom. The van der Waals surface area contributed by atoms with E-state index in [0.717, 1.165) is 29.0 Å². The second-order valence-electron chi connectivity index (χ2n) is 6.79. The van der Waals surface area contributed by atoms with Crippen LogP contribution >= 0.6 is 18.9 Å². The van der Waals surface area contributed by atoms with Crippen LogP contribution in [0.4, 0.5) is 5.69 Å². The van der Waals surface area contributed by atoms with E-state index < -0.39 is 7.60 Å². The van der Waals surface area contributed by atoms with Gasteiger partial charge in [0, 0.05) is 44.6 Å². The predicted octanol–water partition coefficient (Wildman–Crippen LogP) is 5.70. The molecule has 0 fully saturated rings. The molecule has 1 heterocycles. The molecule has 0 radical (unpaired) electrons. The average Bonchev–Trinajstić information content (AvgIpc) is 3.26. The van der Waals surface area contributed by atoms with E-state index in [2.05, 4.69) is 23.7 Å². The number of carbonyl (C=O) groups is 1. The van der Waals surface area contributed by atoms with E-state index in [1.165, 1.54) is 32.7 Å². The normalized spacial score (nSPS) is 12.5. The van der Waals surface area contributed by atoms with E-state index in [0.29, 0.717) is 22.6 Å². The highest BCUT2D eigenvalue weighted by molar-refractivity contribution is 7.65. The maximum Gasteiger partial charge on any atom is 0.362 e. The van der Waals surface area contributed by atoms with Crippen LogP contribution in [0.15, 0.2) is 42.5 Å². The van der Waals surface area contributed by atoms with Gasteiger partial charge in [-0.1, -0.05) is 12.1 Å². The predicted molar refractivity (Wildman–Crippen MR) is 131 cm³/mol. The molecular formula is C23H27N2O5PS. The second-order valence-corrected chi connectivity index (χ2v) is 9.99. The number of methoxy groups -OCH3 is 1. The number of aldehydes is 1. The topological polar surface area (TPSA) is 78.0 Å². The molecule has 0 aliphatic rings. The quantitative estimate of drug-likeness (QED) is 0.212. The van der Waals surface area contributed by atoms with Crippen molar-refractivity contribution in [2.75, 3.05) is 39.3 Å². The second kappa shape index (κ2) is 10.4. The van der Waals surface area contributed by atoms with Crippen LogP contribution in [-0.4, -0.2) is 45.7 Å². The molecule has 0 saturated heterocycles. The Labute approximate surface area is 192 Å². The number of hydrogen-bond donors (Lipinski definition) is 0. The third kappa shape index (κ3) is 4.50. The van der Waals surface area contributed by atoms with Crippen molar-refractivity contribution in [2.45, 2.75) is 13.8 Å². The van der Waals surface area contributed by atoms with E-state index in [4.69, 9.17) is 13.8 Å². The summed E-state index contributed by atoms with van der Waals surface area (Å²) in [4.78, 5) is 19.1. The summed E-state index contributed by atoms with van der Waals surface area (Å²) < 4.78 is 30.9. The number of aromatic nitrogens is 1. The van der Waals surface area contributed by atoms with Gasteiger partial charge in [-0.25, -0.2) is 4.98 Å². The highest BCUT2D eigenvalue weighted by Crippen LogP contribution is 2.63. The Balaban J connectivity index is 2.34. The number of nitrogens with zero attached hydrogens (tertiary/aromatic N) is 2. The van der Waals surface area contributed by atoms with Crippen molar-refractivity contribution >= 4 is 52.0 Å². The molecule has 0 N–H and O–H groups in total. The number of benzene rings is 2. The van der Waals surface area contributed by atoms with E-state index in [-0.39, 0.29) is 10.9 Å². The van der Waals surface area contributed by atoms with Crippen molar-refractivity contribution in [3.05, 3.63) is 53.0 Å². The monoisotopic (exact) mass is 474 g/mol. The Kier molecular flexibility index (Phi) is 7.85. The van der Waals surface area contributed by atoms with Gasteiger partial charge >= 0.3 is 7.60 Å². The van der Waals surface area contributed by atoms with Crippen molar-refractivity contribution in [1.29, 1.82) is 0 Å². The Morgan fingerprint density at radius 2 is 1.78 bits per heavy atom. The third-order valence-corrected chi connectivity index (χ3v) is 8.28. The number of fused-ring (bicyclic) bond motifs is 1. The highest BCUT2D eigenvalue weighted by Gasteiger charge is 2.35. The number of allylic oxidation sites excluding steroid dienone is 1. The van der Waals surface area contributed by atoms with Gasteiger partial charge in [0.2, 0.25) is 0 Å². The summed E-state index contributed by atoms with van der Waals surface area (Å²) >= 11 is 1.34. The fourth-order valence-electron chi connectivity index (χ4n) is 3.55. The van der Waals surface area contributed by atoms with Crippen LogP contribution in [0.3, 0.4) is 0 Å². The van der Waals surface area contributed by atoms with Crippen molar-refractivity contribution < 1.29 is 23.1 Å². The van der Waals surface area contributed by atoms with Crippen LogP contribution in [0.2, 0.25) is 0 Å². The van der Waals surface area contributed by atoms with Crippen LogP contribution < -0.4 is 9.64 Å². The minimum absolute atomic E-state index is 0.125. The van der Waals surface area contributed by atoms with Crippen LogP contribution in [-0.2, 0) is 18.4 Å². The SMILES string of the molecule is CCN(CC)c1ccc(/C(=C(\C=O)c2nc3ccccc3s2)P(=O)(OC)OC)c(OC)c1. The van der Waals surface area contributed by atoms with Gasteiger partial charge < -0.3 is 18.7 Å². The molecule has 0 aliphatic carbocycles. The number of carbonyl (C=O) groups excluding carboxylic acids is 1. The first kappa shape index (κ1) is 24.1. The number of anilines is 1. The molecule has 9 heteroatoms. The molecule has 7 nitrogen and oxygen atoms in total. The lowest BCUT2D eigenvalue weighted by Crippen LogP contribution is -2.21. The molecule has 0 unspecified atom stereocenters. The lowest BCUT2D eigenvalue weighted by molar-refractivity contribution is -0.103. The molecule has 0 saturated carbocycles. The molecule has 32 heavy (non-hydrogen) atoms. The smallest absolute Gasteiger partial charge is 0.362 e. The first-order chi connectivity index (χ1) is 15.5. The molecule has 0 amide bonds. The zero-order valence-corrected chi connectivity index (χ0v) is 20.5. The van der Waals surface area contributed by atoms with Gasteiger partial charge in [-0.3, -0.25) is 9.36 Å². The Bertz CT molecular complexity index is 1150. The molecular weight excluding hydrogens is 447 g/mol. The number of rotatable bonds is 10. The third-order valence-electron chi connectivity index (χ3n) is 5.22. The molecule has 0 atom stereocenters. The van der Waals surface area contributed by atoms with Gasteiger partial charge in [0.05, 0.1) is 28.2 Å². The molecule has 0 aliphatic heterocycles. The van der Waals surface area contributed by atoms with Crippen LogP contribution in [0.5, 0.6) is 5.75 Å². The zero-order chi connectivity index (χ0) is 23.3. The molecule has 1 aromatic heterocycles. The minimum atomic E-state index is -3.87. The molecule has 170 valence electrons. The van der Waals surface area contributed by atoms with Gasteiger partial charge in [-0.05, 0) is 38.1 Å². The number of ether oxygens (including phenoxy) is 1. The Hall–Kier alpha value is -2.51. The summed E-state index contributed by atoms with van der Waals surface area (Å²) in [6.07, 6.45) is 0.648. The molecule has 3 rings (SSSR count). The van der Waals surface area contributed by atoms with Crippen molar-refractivity contribution in [3.63, 3.8) is 0 Å². The van der Waals surface area contributed by atoms with Crippen LogP contribution in [0, 0.1) is 0 Å². The maximum absolute atomic E-state index is 13.7. The first-order valence-electron chi connectivity index (χ1n) is 10.2. The van der Waals surface area contributed by atoms with Gasteiger partial charge in [-0.15, -0.1) is 11.3 Å². The number of hydrogen-bond acceptors (Lipinski definition) is 8. The molecule has 3 aromatic rings. The van der Waals surface area contributed by atoms with Crippen molar-refractivity contribution in [3.8, 4) is 5.75 Å². The maximum atomic E-state index is 13.7. The highest BCUT2D eigenvalue weighted by atomic mass is 32.1. The Morgan fingerprint density at radius 1 is 1.09 bits per heavy atom. The summed E-state index contributed by atoms with van der Waals surface area (Å²) in [5, 5.41) is 0.555.